The van der Waals surface area contributed by atoms with E-state index in [1.54, 1.807) is 6.92 Å². The number of aromatic nitrogens is 3. The molecule has 0 spiro atoms. The first-order chi connectivity index (χ1) is 10.7. The highest BCUT2D eigenvalue weighted by Crippen LogP contribution is 2.24. The summed E-state index contributed by atoms with van der Waals surface area (Å²) in [5.41, 5.74) is 2.57. The van der Waals surface area contributed by atoms with Crippen LogP contribution in [0.1, 0.15) is 24.3 Å². The van der Waals surface area contributed by atoms with Crippen LogP contribution < -0.4 is 4.90 Å². The zero-order valence-corrected chi connectivity index (χ0v) is 13.4. The number of carbonyl (C=O) groups is 1. The molecule has 0 atom stereocenters. The third kappa shape index (κ3) is 3.57. The molecule has 7 heteroatoms. The number of carbonyl (C=O) groups excluding carboxylic acids is 1. The number of halogens is 1. The first-order valence-corrected chi connectivity index (χ1v) is 7.73. The molecule has 0 saturated heterocycles. The van der Waals surface area contributed by atoms with Gasteiger partial charge in [-0.25, -0.2) is 4.79 Å². The molecule has 0 unspecified atom stereocenters. The third-order valence-electron chi connectivity index (χ3n) is 3.26. The molecular weight excluding hydrogens is 304 g/mol. The Labute approximate surface area is 134 Å². The average Bonchev–Trinajstić information content (AvgIpc) is 3.03. The quantitative estimate of drug-likeness (QED) is 0.627. The molecule has 22 heavy (non-hydrogen) atoms. The van der Waals surface area contributed by atoms with Crippen molar-refractivity contribution < 1.29 is 9.53 Å². The predicted octanol–water partition coefficient (Wildman–Crippen LogP) is 2.71. The lowest BCUT2D eigenvalue weighted by Crippen LogP contribution is -2.24. The van der Waals surface area contributed by atoms with E-state index in [2.05, 4.69) is 27.2 Å². The van der Waals surface area contributed by atoms with Gasteiger partial charge in [-0.1, -0.05) is 12.1 Å². The lowest BCUT2D eigenvalue weighted by Gasteiger charge is -2.22. The minimum Gasteiger partial charge on any atom is -0.461 e. The van der Waals surface area contributed by atoms with Gasteiger partial charge in [-0.05, 0) is 26.0 Å². The van der Waals surface area contributed by atoms with Gasteiger partial charge in [0.1, 0.15) is 5.69 Å². The molecule has 118 valence electrons. The number of H-pyrrole nitrogens is 1. The highest BCUT2D eigenvalue weighted by molar-refractivity contribution is 6.18. The molecule has 1 heterocycles. The van der Waals surface area contributed by atoms with E-state index in [-0.39, 0.29) is 5.69 Å². The van der Waals surface area contributed by atoms with Gasteiger partial charge in [-0.15, -0.1) is 16.7 Å². The van der Waals surface area contributed by atoms with Crippen molar-refractivity contribution in [3.63, 3.8) is 0 Å². The van der Waals surface area contributed by atoms with Crippen molar-refractivity contribution in [2.24, 2.45) is 0 Å². The lowest BCUT2D eigenvalue weighted by molar-refractivity contribution is 0.0520. The summed E-state index contributed by atoms with van der Waals surface area (Å²) in [4.78, 5) is 14.0. The molecule has 0 aliphatic heterocycles. The molecule has 0 saturated carbocycles. The number of ether oxygens (including phenoxy) is 1. The van der Waals surface area contributed by atoms with Gasteiger partial charge in [0.15, 0.2) is 5.69 Å². The van der Waals surface area contributed by atoms with Crippen molar-refractivity contribution in [1.82, 2.24) is 15.4 Å². The minimum absolute atomic E-state index is 0.197. The van der Waals surface area contributed by atoms with E-state index in [1.165, 1.54) is 0 Å². The van der Waals surface area contributed by atoms with Gasteiger partial charge in [0.25, 0.3) is 0 Å². The van der Waals surface area contributed by atoms with Gasteiger partial charge < -0.3 is 9.64 Å². The summed E-state index contributed by atoms with van der Waals surface area (Å²) in [6, 6.07) is 7.78. The first-order valence-electron chi connectivity index (χ1n) is 7.20. The van der Waals surface area contributed by atoms with Gasteiger partial charge >= 0.3 is 5.97 Å². The number of hydrogen-bond donors (Lipinski definition) is 1. The standard InChI is InChI=1S/C15H19ClN4O2/c1-3-20(10-9-16)12-7-5-11(6-8-12)13-14(18-19-17-13)15(21)22-4-2/h5-8H,3-4,9-10H2,1-2H3,(H,17,18,19). The van der Waals surface area contributed by atoms with Gasteiger partial charge in [0.05, 0.1) is 6.61 Å². The molecule has 6 nitrogen and oxygen atoms in total. The van der Waals surface area contributed by atoms with Gasteiger partial charge in [-0.2, -0.15) is 10.3 Å². The van der Waals surface area contributed by atoms with Crippen molar-refractivity contribution in [3.05, 3.63) is 30.0 Å². The molecule has 0 radical (unpaired) electrons. The fraction of sp³-hybridized carbons (Fsp3) is 0.400. The van der Waals surface area contributed by atoms with Crippen LogP contribution in [0.25, 0.3) is 11.3 Å². The van der Waals surface area contributed by atoms with Crippen molar-refractivity contribution in [1.29, 1.82) is 0 Å². The summed E-state index contributed by atoms with van der Waals surface area (Å²) >= 11 is 5.81. The maximum atomic E-state index is 11.8. The Bertz CT molecular complexity index is 612. The fourth-order valence-corrected chi connectivity index (χ4v) is 2.38. The highest BCUT2D eigenvalue weighted by Gasteiger charge is 2.19. The smallest absolute Gasteiger partial charge is 0.361 e. The van der Waals surface area contributed by atoms with Crippen LogP contribution in [0.5, 0.6) is 0 Å². The molecular formula is C15H19ClN4O2. The Morgan fingerprint density at radius 2 is 2.00 bits per heavy atom. The Balaban J connectivity index is 2.24. The van der Waals surface area contributed by atoms with Crippen LogP contribution in [0.4, 0.5) is 5.69 Å². The molecule has 0 aliphatic rings. The summed E-state index contributed by atoms with van der Waals surface area (Å²) in [5, 5.41) is 10.4. The second kappa shape index (κ2) is 7.79. The molecule has 1 aromatic carbocycles. The number of nitrogens with zero attached hydrogens (tertiary/aromatic N) is 3. The second-order valence-electron chi connectivity index (χ2n) is 4.56. The summed E-state index contributed by atoms with van der Waals surface area (Å²) < 4.78 is 4.98. The van der Waals surface area contributed by atoms with E-state index < -0.39 is 5.97 Å². The Morgan fingerprint density at radius 1 is 1.27 bits per heavy atom. The molecule has 1 N–H and O–H groups in total. The number of rotatable bonds is 7. The van der Waals surface area contributed by atoms with Crippen LogP contribution in [0.15, 0.2) is 24.3 Å². The number of esters is 1. The van der Waals surface area contributed by atoms with Crippen LogP contribution in [0, 0.1) is 0 Å². The number of hydrogen-bond acceptors (Lipinski definition) is 5. The van der Waals surface area contributed by atoms with Crippen molar-refractivity contribution >= 4 is 23.3 Å². The number of benzene rings is 1. The number of nitrogens with one attached hydrogen (secondary N) is 1. The first kappa shape index (κ1) is 16.3. The lowest BCUT2D eigenvalue weighted by atomic mass is 10.1. The monoisotopic (exact) mass is 322 g/mol. The van der Waals surface area contributed by atoms with Gasteiger partial charge in [0.2, 0.25) is 0 Å². The molecule has 0 amide bonds. The fourth-order valence-electron chi connectivity index (χ4n) is 2.18. The highest BCUT2D eigenvalue weighted by atomic mass is 35.5. The third-order valence-corrected chi connectivity index (χ3v) is 3.43. The van der Waals surface area contributed by atoms with Crippen LogP contribution in [-0.2, 0) is 4.74 Å². The van der Waals surface area contributed by atoms with Crippen LogP contribution >= 0.6 is 11.6 Å². The van der Waals surface area contributed by atoms with Crippen LogP contribution in [0.3, 0.4) is 0 Å². The molecule has 1 aromatic heterocycles. The van der Waals surface area contributed by atoms with Crippen molar-refractivity contribution in [3.8, 4) is 11.3 Å². The number of alkyl halides is 1. The zero-order valence-electron chi connectivity index (χ0n) is 12.7. The maximum Gasteiger partial charge on any atom is 0.361 e. The summed E-state index contributed by atoms with van der Waals surface area (Å²) in [5.74, 6) is 0.0963. The van der Waals surface area contributed by atoms with Crippen molar-refractivity contribution in [2.45, 2.75) is 13.8 Å². The maximum absolute atomic E-state index is 11.8. The van der Waals surface area contributed by atoms with E-state index in [0.717, 1.165) is 24.3 Å². The number of aromatic amines is 1. The largest absolute Gasteiger partial charge is 0.461 e. The molecule has 0 fully saturated rings. The van der Waals surface area contributed by atoms with E-state index in [0.29, 0.717) is 18.2 Å². The van der Waals surface area contributed by atoms with E-state index >= 15 is 0 Å². The summed E-state index contributed by atoms with van der Waals surface area (Å²) in [6.45, 7) is 5.80. The molecule has 0 bridgehead atoms. The van der Waals surface area contributed by atoms with E-state index in [1.807, 2.05) is 24.3 Å². The average molecular weight is 323 g/mol. The van der Waals surface area contributed by atoms with Gasteiger partial charge in [0, 0.05) is 30.2 Å². The second-order valence-corrected chi connectivity index (χ2v) is 4.93. The van der Waals surface area contributed by atoms with Gasteiger partial charge in [-0.3, -0.25) is 0 Å². The predicted molar refractivity (Wildman–Crippen MR) is 86.4 cm³/mol. The van der Waals surface area contributed by atoms with E-state index in [4.69, 9.17) is 16.3 Å². The molecule has 0 aliphatic carbocycles. The van der Waals surface area contributed by atoms with Crippen LogP contribution in [0.2, 0.25) is 0 Å². The molecule has 2 aromatic rings. The Kier molecular flexibility index (Phi) is 5.77. The van der Waals surface area contributed by atoms with Crippen molar-refractivity contribution in [2.75, 3.05) is 30.5 Å². The van der Waals surface area contributed by atoms with Crippen LogP contribution in [-0.4, -0.2) is 47.0 Å². The Hall–Kier alpha value is -2.08. The molecule has 2 rings (SSSR count). The number of anilines is 1. The Morgan fingerprint density at radius 3 is 2.59 bits per heavy atom. The summed E-state index contributed by atoms with van der Waals surface area (Å²) in [6.07, 6.45) is 0. The van der Waals surface area contributed by atoms with E-state index in [9.17, 15) is 4.79 Å². The minimum atomic E-state index is -0.479. The summed E-state index contributed by atoms with van der Waals surface area (Å²) in [7, 11) is 0. The topological polar surface area (TPSA) is 71.1 Å². The normalized spacial score (nSPS) is 10.5. The zero-order chi connectivity index (χ0) is 15.9. The SMILES string of the molecule is CCOC(=O)c1n[nH]nc1-c1ccc(N(CC)CCCl)cc1.